The van der Waals surface area contributed by atoms with E-state index >= 15 is 0 Å². The van der Waals surface area contributed by atoms with Gasteiger partial charge in [-0.1, -0.05) is 18.2 Å². The molecule has 1 saturated heterocycles. The van der Waals surface area contributed by atoms with E-state index in [4.69, 9.17) is 5.73 Å². The van der Waals surface area contributed by atoms with E-state index in [0.29, 0.717) is 6.54 Å². The Morgan fingerprint density at radius 3 is 2.75 bits per heavy atom. The zero-order valence-electron chi connectivity index (χ0n) is 12.2. The molecule has 1 amide bonds. The highest BCUT2D eigenvalue weighted by atomic mass is 16.2. The van der Waals surface area contributed by atoms with Crippen molar-refractivity contribution in [2.45, 2.75) is 19.0 Å². The lowest BCUT2D eigenvalue weighted by Crippen LogP contribution is -2.59. The highest BCUT2D eigenvalue weighted by Crippen LogP contribution is 2.14. The summed E-state index contributed by atoms with van der Waals surface area (Å²) >= 11 is 0. The van der Waals surface area contributed by atoms with Crippen LogP contribution in [0.5, 0.6) is 0 Å². The summed E-state index contributed by atoms with van der Waals surface area (Å²) < 4.78 is 0. The summed E-state index contributed by atoms with van der Waals surface area (Å²) in [5, 5.41) is 2.96. The van der Waals surface area contributed by atoms with Gasteiger partial charge in [-0.2, -0.15) is 0 Å². The minimum absolute atomic E-state index is 0.0270. The number of nitrogens with two attached hydrogens (primary N) is 1. The Morgan fingerprint density at radius 2 is 2.10 bits per heavy atom. The molecule has 1 heterocycles. The number of anilines is 1. The van der Waals surface area contributed by atoms with E-state index in [2.05, 4.69) is 22.2 Å². The monoisotopic (exact) mass is 276 g/mol. The summed E-state index contributed by atoms with van der Waals surface area (Å²) in [6.45, 7) is 5.29. The first-order chi connectivity index (χ1) is 9.61. The van der Waals surface area contributed by atoms with Crippen molar-refractivity contribution in [1.82, 2.24) is 9.80 Å². The van der Waals surface area contributed by atoms with Gasteiger partial charge >= 0.3 is 0 Å². The van der Waals surface area contributed by atoms with Gasteiger partial charge in [-0.05, 0) is 26.1 Å². The molecule has 0 spiro atoms. The van der Waals surface area contributed by atoms with Crippen molar-refractivity contribution in [3.8, 4) is 0 Å². The highest BCUT2D eigenvalue weighted by molar-refractivity contribution is 5.94. The summed E-state index contributed by atoms with van der Waals surface area (Å²) in [6, 6.07) is 9.63. The molecule has 0 saturated carbocycles. The second-order valence-electron chi connectivity index (χ2n) is 5.42. The Bertz CT molecular complexity index is 437. The number of carbonyl (C=O) groups excluding carboxylic acids is 1. The number of nitrogens with one attached hydrogen (secondary N) is 1. The van der Waals surface area contributed by atoms with Crippen molar-refractivity contribution < 1.29 is 4.79 Å². The Balaban J connectivity index is 1.99. The third kappa shape index (κ3) is 3.56. The summed E-state index contributed by atoms with van der Waals surface area (Å²) in [5.41, 5.74) is 6.68. The van der Waals surface area contributed by atoms with Crippen molar-refractivity contribution in [2.75, 3.05) is 38.5 Å². The van der Waals surface area contributed by atoms with Crippen molar-refractivity contribution in [3.05, 3.63) is 30.3 Å². The van der Waals surface area contributed by atoms with Gasteiger partial charge in [0.2, 0.25) is 5.91 Å². The Kier molecular flexibility index (Phi) is 5.11. The number of piperazine rings is 1. The van der Waals surface area contributed by atoms with Crippen LogP contribution in [0.1, 0.15) is 6.92 Å². The van der Waals surface area contributed by atoms with Gasteiger partial charge in [0.15, 0.2) is 0 Å². The molecule has 1 aliphatic heterocycles. The maximum absolute atomic E-state index is 12.3. The molecule has 5 nitrogen and oxygen atoms in total. The second kappa shape index (κ2) is 6.83. The van der Waals surface area contributed by atoms with Crippen LogP contribution in [0.25, 0.3) is 0 Å². The van der Waals surface area contributed by atoms with Gasteiger partial charge in [-0.25, -0.2) is 0 Å². The van der Waals surface area contributed by atoms with Gasteiger partial charge in [-0.3, -0.25) is 9.69 Å². The first-order valence-electron chi connectivity index (χ1n) is 7.12. The number of nitrogens with zero attached hydrogens (tertiary/aromatic N) is 2. The van der Waals surface area contributed by atoms with Gasteiger partial charge in [0, 0.05) is 37.9 Å². The number of para-hydroxylation sites is 1. The lowest BCUT2D eigenvalue weighted by molar-refractivity contribution is -0.122. The van der Waals surface area contributed by atoms with E-state index in [1.54, 1.807) is 0 Å². The fraction of sp³-hybridized carbons (Fsp3) is 0.533. The molecule has 2 rings (SSSR count). The van der Waals surface area contributed by atoms with E-state index in [9.17, 15) is 4.79 Å². The third-order valence-corrected chi connectivity index (χ3v) is 3.92. The maximum Gasteiger partial charge on any atom is 0.241 e. The smallest absolute Gasteiger partial charge is 0.241 e. The largest absolute Gasteiger partial charge is 0.329 e. The molecule has 5 heteroatoms. The zero-order valence-corrected chi connectivity index (χ0v) is 12.2. The molecule has 0 aliphatic carbocycles. The molecule has 20 heavy (non-hydrogen) atoms. The number of likely N-dealkylation sites (N-methyl/N-ethyl adjacent to an activating group) is 1. The summed E-state index contributed by atoms with van der Waals surface area (Å²) in [5.74, 6) is 0.0270. The van der Waals surface area contributed by atoms with E-state index in [1.807, 2.05) is 37.3 Å². The Morgan fingerprint density at radius 1 is 1.40 bits per heavy atom. The number of amides is 1. The Labute approximate surface area is 120 Å². The van der Waals surface area contributed by atoms with Crippen molar-refractivity contribution >= 4 is 11.6 Å². The molecule has 2 atom stereocenters. The van der Waals surface area contributed by atoms with Crippen LogP contribution in [0.4, 0.5) is 5.69 Å². The number of benzene rings is 1. The van der Waals surface area contributed by atoms with E-state index in [0.717, 1.165) is 25.3 Å². The minimum atomic E-state index is -0.169. The van der Waals surface area contributed by atoms with Crippen LogP contribution in [-0.4, -0.2) is 61.0 Å². The lowest BCUT2D eigenvalue weighted by Gasteiger charge is -2.42. The van der Waals surface area contributed by atoms with Gasteiger partial charge in [0.05, 0.1) is 6.04 Å². The van der Waals surface area contributed by atoms with Crippen LogP contribution < -0.4 is 11.1 Å². The number of carbonyl (C=O) groups is 1. The zero-order chi connectivity index (χ0) is 14.5. The lowest BCUT2D eigenvalue weighted by atomic mass is 10.1. The van der Waals surface area contributed by atoms with E-state index in [-0.39, 0.29) is 18.0 Å². The van der Waals surface area contributed by atoms with Crippen LogP contribution in [0, 0.1) is 0 Å². The fourth-order valence-corrected chi connectivity index (χ4v) is 2.66. The number of hydrogen-bond acceptors (Lipinski definition) is 4. The molecule has 1 aliphatic rings. The average Bonchev–Trinajstić information content (AvgIpc) is 2.47. The molecule has 2 unspecified atom stereocenters. The molecule has 0 radical (unpaired) electrons. The molecule has 1 aromatic carbocycles. The molecular weight excluding hydrogens is 252 g/mol. The van der Waals surface area contributed by atoms with Crippen LogP contribution in [-0.2, 0) is 4.79 Å². The first-order valence-corrected chi connectivity index (χ1v) is 7.12. The molecule has 3 N–H and O–H groups in total. The summed E-state index contributed by atoms with van der Waals surface area (Å²) in [7, 11) is 2.09. The minimum Gasteiger partial charge on any atom is -0.329 e. The maximum atomic E-state index is 12.3. The van der Waals surface area contributed by atoms with Gasteiger partial charge in [-0.15, -0.1) is 0 Å². The van der Waals surface area contributed by atoms with Crippen LogP contribution >= 0.6 is 0 Å². The van der Waals surface area contributed by atoms with Crippen molar-refractivity contribution in [2.24, 2.45) is 5.73 Å². The van der Waals surface area contributed by atoms with E-state index < -0.39 is 0 Å². The Hall–Kier alpha value is -1.43. The topological polar surface area (TPSA) is 61.6 Å². The molecule has 1 fully saturated rings. The normalized spacial score (nSPS) is 22.4. The second-order valence-corrected chi connectivity index (χ2v) is 5.42. The fourth-order valence-electron chi connectivity index (χ4n) is 2.66. The van der Waals surface area contributed by atoms with Crippen molar-refractivity contribution in [3.63, 3.8) is 0 Å². The SMILES string of the molecule is CC(C(=O)Nc1ccccc1)N1CCN(C)CC1CN. The van der Waals surface area contributed by atoms with Crippen LogP contribution in [0.2, 0.25) is 0 Å². The van der Waals surface area contributed by atoms with Gasteiger partial charge in [0.25, 0.3) is 0 Å². The number of rotatable bonds is 4. The standard InChI is InChI=1S/C15H24N4O/c1-12(15(20)17-13-6-4-3-5-7-13)19-9-8-18(2)11-14(19)10-16/h3-7,12,14H,8-11,16H2,1-2H3,(H,17,20). The first kappa shape index (κ1) is 15.0. The number of hydrogen-bond donors (Lipinski definition) is 2. The molecule has 0 aromatic heterocycles. The summed E-state index contributed by atoms with van der Waals surface area (Å²) in [6.07, 6.45) is 0. The molecule has 0 bridgehead atoms. The quantitative estimate of drug-likeness (QED) is 0.845. The third-order valence-electron chi connectivity index (χ3n) is 3.92. The predicted octanol–water partition coefficient (Wildman–Crippen LogP) is 0.588. The van der Waals surface area contributed by atoms with Crippen LogP contribution in [0.3, 0.4) is 0 Å². The van der Waals surface area contributed by atoms with Crippen molar-refractivity contribution in [1.29, 1.82) is 0 Å². The molecule has 110 valence electrons. The summed E-state index contributed by atoms with van der Waals surface area (Å²) in [4.78, 5) is 16.8. The molecule has 1 aromatic rings. The predicted molar refractivity (Wildman–Crippen MR) is 81.6 cm³/mol. The average molecular weight is 276 g/mol. The van der Waals surface area contributed by atoms with Gasteiger partial charge in [0.1, 0.15) is 0 Å². The highest BCUT2D eigenvalue weighted by Gasteiger charge is 2.31. The van der Waals surface area contributed by atoms with E-state index in [1.165, 1.54) is 0 Å². The van der Waals surface area contributed by atoms with Gasteiger partial charge < -0.3 is 16.0 Å². The molecular formula is C15H24N4O. The van der Waals surface area contributed by atoms with Crippen LogP contribution in [0.15, 0.2) is 30.3 Å².